The normalized spacial score (nSPS) is 14.2. The average Bonchev–Trinajstić information content (AvgIpc) is 2.24. The molecule has 0 aromatic heterocycles. The Hall–Kier alpha value is -1.59. The van der Waals surface area contributed by atoms with E-state index in [1.165, 1.54) is 0 Å². The van der Waals surface area contributed by atoms with Crippen LogP contribution in [0.3, 0.4) is 0 Å². The quantitative estimate of drug-likeness (QED) is 0.722. The van der Waals surface area contributed by atoms with Crippen molar-refractivity contribution in [1.82, 2.24) is 10.6 Å². The summed E-state index contributed by atoms with van der Waals surface area (Å²) in [6, 6.07) is 6.91. The lowest BCUT2D eigenvalue weighted by molar-refractivity contribution is -0.126. The second-order valence-electron chi connectivity index (χ2n) is 4.13. The summed E-state index contributed by atoms with van der Waals surface area (Å²) in [5.41, 5.74) is 6.57. The molecule has 5 nitrogen and oxygen atoms in total. The molecule has 4 N–H and O–H groups in total. The number of hydrogen-bond acceptors (Lipinski definition) is 3. The third kappa shape index (κ3) is 3.45. The zero-order chi connectivity index (χ0) is 12.3. The van der Waals surface area contributed by atoms with E-state index in [4.69, 9.17) is 5.73 Å². The maximum Gasteiger partial charge on any atom is 0.248 e. The molecule has 1 aliphatic heterocycles. The average molecular weight is 270 g/mol. The highest BCUT2D eigenvalue weighted by molar-refractivity contribution is 5.92. The molecule has 98 valence electrons. The van der Waals surface area contributed by atoms with Crippen LogP contribution in [0.25, 0.3) is 0 Å². The molecular formula is C12H16ClN3O2. The number of nitrogens with two attached hydrogens (primary N) is 1. The minimum Gasteiger partial charge on any atom is -0.366 e. The van der Waals surface area contributed by atoms with Crippen LogP contribution in [0, 0.1) is 5.92 Å². The lowest BCUT2D eigenvalue weighted by atomic mass is 10.0. The van der Waals surface area contributed by atoms with Crippen molar-refractivity contribution in [3.8, 4) is 0 Å². The van der Waals surface area contributed by atoms with Gasteiger partial charge in [-0.2, -0.15) is 0 Å². The number of hydrogen-bond donors (Lipinski definition) is 3. The fraction of sp³-hybridized carbons (Fsp3) is 0.333. The first-order valence-electron chi connectivity index (χ1n) is 5.54. The first kappa shape index (κ1) is 14.5. The number of rotatable bonds is 4. The summed E-state index contributed by atoms with van der Waals surface area (Å²) >= 11 is 0. The molecule has 0 aliphatic carbocycles. The molecule has 0 radical (unpaired) electrons. The Labute approximate surface area is 112 Å². The SMILES string of the molecule is Cl.NC(=O)c1ccc(CNC(=O)C2CNC2)cc1. The number of benzene rings is 1. The van der Waals surface area contributed by atoms with Gasteiger partial charge in [-0.15, -0.1) is 12.4 Å². The molecule has 0 bridgehead atoms. The fourth-order valence-electron chi connectivity index (χ4n) is 1.59. The standard InChI is InChI=1S/C12H15N3O2.ClH/c13-11(16)9-3-1-8(2-4-9)5-15-12(17)10-6-14-7-10;/h1-4,10,14H,5-7H2,(H2,13,16)(H,15,17);1H. The second-order valence-corrected chi connectivity index (χ2v) is 4.13. The first-order valence-corrected chi connectivity index (χ1v) is 5.54. The van der Waals surface area contributed by atoms with Crippen molar-refractivity contribution in [3.05, 3.63) is 35.4 Å². The Morgan fingerprint density at radius 2 is 1.89 bits per heavy atom. The highest BCUT2D eigenvalue weighted by Crippen LogP contribution is 2.06. The molecule has 1 aromatic carbocycles. The predicted octanol–water partition coefficient (Wildman–Crippen LogP) is 0.0429. The van der Waals surface area contributed by atoms with E-state index in [1.807, 2.05) is 0 Å². The van der Waals surface area contributed by atoms with Gasteiger partial charge in [-0.3, -0.25) is 9.59 Å². The minimum atomic E-state index is -0.443. The predicted molar refractivity (Wildman–Crippen MR) is 70.4 cm³/mol. The molecule has 1 aliphatic rings. The van der Waals surface area contributed by atoms with E-state index in [9.17, 15) is 9.59 Å². The van der Waals surface area contributed by atoms with E-state index in [-0.39, 0.29) is 24.2 Å². The molecule has 6 heteroatoms. The summed E-state index contributed by atoms with van der Waals surface area (Å²) in [6.45, 7) is 1.99. The van der Waals surface area contributed by atoms with Crippen LogP contribution in [-0.2, 0) is 11.3 Å². The molecule has 2 rings (SSSR count). The van der Waals surface area contributed by atoms with Gasteiger partial charge >= 0.3 is 0 Å². The number of halogens is 1. The second kappa shape index (κ2) is 6.37. The summed E-state index contributed by atoms with van der Waals surface area (Å²) in [4.78, 5) is 22.4. The highest BCUT2D eigenvalue weighted by atomic mass is 35.5. The summed E-state index contributed by atoms with van der Waals surface area (Å²) < 4.78 is 0. The smallest absolute Gasteiger partial charge is 0.248 e. The monoisotopic (exact) mass is 269 g/mol. The lowest BCUT2D eigenvalue weighted by Gasteiger charge is -2.25. The van der Waals surface area contributed by atoms with Crippen LogP contribution in [0.15, 0.2) is 24.3 Å². The van der Waals surface area contributed by atoms with Crippen LogP contribution in [0.4, 0.5) is 0 Å². The fourth-order valence-corrected chi connectivity index (χ4v) is 1.59. The molecule has 0 spiro atoms. The van der Waals surface area contributed by atoms with Crippen molar-refractivity contribution in [1.29, 1.82) is 0 Å². The number of primary amides is 1. The van der Waals surface area contributed by atoms with E-state index >= 15 is 0 Å². The number of carbonyl (C=O) groups excluding carboxylic acids is 2. The summed E-state index contributed by atoms with van der Waals surface area (Å²) in [7, 11) is 0. The molecule has 1 aromatic rings. The topological polar surface area (TPSA) is 84.2 Å². The van der Waals surface area contributed by atoms with Gasteiger partial charge in [-0.1, -0.05) is 12.1 Å². The number of nitrogens with one attached hydrogen (secondary N) is 2. The molecule has 18 heavy (non-hydrogen) atoms. The van der Waals surface area contributed by atoms with E-state index in [2.05, 4.69) is 10.6 Å². The zero-order valence-corrected chi connectivity index (χ0v) is 10.6. The molecule has 1 fully saturated rings. The molecule has 0 saturated carbocycles. The van der Waals surface area contributed by atoms with Gasteiger partial charge in [0.2, 0.25) is 11.8 Å². The van der Waals surface area contributed by atoms with Crippen LogP contribution in [-0.4, -0.2) is 24.9 Å². The minimum absolute atomic E-state index is 0. The number of amides is 2. The van der Waals surface area contributed by atoms with Crippen LogP contribution < -0.4 is 16.4 Å². The van der Waals surface area contributed by atoms with Crippen molar-refractivity contribution >= 4 is 24.2 Å². The van der Waals surface area contributed by atoms with E-state index in [1.54, 1.807) is 24.3 Å². The maximum atomic E-state index is 11.5. The maximum absolute atomic E-state index is 11.5. The molecule has 1 heterocycles. The van der Waals surface area contributed by atoms with Gasteiger partial charge in [0, 0.05) is 25.2 Å². The van der Waals surface area contributed by atoms with Crippen LogP contribution in [0.5, 0.6) is 0 Å². The van der Waals surface area contributed by atoms with Gasteiger partial charge in [0.25, 0.3) is 0 Å². The third-order valence-electron chi connectivity index (χ3n) is 2.86. The van der Waals surface area contributed by atoms with Gasteiger partial charge in [0.1, 0.15) is 0 Å². The molecule has 1 saturated heterocycles. The summed E-state index contributed by atoms with van der Waals surface area (Å²) in [5.74, 6) is -0.274. The van der Waals surface area contributed by atoms with E-state index < -0.39 is 5.91 Å². The number of carbonyl (C=O) groups is 2. The summed E-state index contributed by atoms with van der Waals surface area (Å²) in [6.07, 6.45) is 0. The van der Waals surface area contributed by atoms with Gasteiger partial charge in [-0.05, 0) is 17.7 Å². The Bertz CT molecular complexity index is 429. The van der Waals surface area contributed by atoms with Gasteiger partial charge in [-0.25, -0.2) is 0 Å². The van der Waals surface area contributed by atoms with Crippen LogP contribution in [0.2, 0.25) is 0 Å². The zero-order valence-electron chi connectivity index (χ0n) is 9.81. The third-order valence-corrected chi connectivity index (χ3v) is 2.86. The van der Waals surface area contributed by atoms with E-state index in [0.29, 0.717) is 12.1 Å². The molecule has 0 atom stereocenters. The molecular weight excluding hydrogens is 254 g/mol. The first-order chi connectivity index (χ1) is 8.16. The Morgan fingerprint density at radius 1 is 1.28 bits per heavy atom. The Morgan fingerprint density at radius 3 is 2.33 bits per heavy atom. The van der Waals surface area contributed by atoms with Crippen LogP contribution in [0.1, 0.15) is 15.9 Å². The van der Waals surface area contributed by atoms with Crippen molar-refractivity contribution in [2.75, 3.05) is 13.1 Å². The summed E-state index contributed by atoms with van der Waals surface area (Å²) in [5, 5.41) is 5.90. The lowest BCUT2D eigenvalue weighted by Crippen LogP contribution is -2.50. The van der Waals surface area contributed by atoms with E-state index in [0.717, 1.165) is 18.7 Å². The van der Waals surface area contributed by atoms with Crippen molar-refractivity contribution in [2.24, 2.45) is 11.7 Å². The Balaban J connectivity index is 0.00000162. The van der Waals surface area contributed by atoms with Crippen molar-refractivity contribution in [2.45, 2.75) is 6.54 Å². The van der Waals surface area contributed by atoms with Gasteiger partial charge in [0.15, 0.2) is 0 Å². The molecule has 2 amide bonds. The van der Waals surface area contributed by atoms with Crippen molar-refractivity contribution in [3.63, 3.8) is 0 Å². The van der Waals surface area contributed by atoms with Crippen LogP contribution >= 0.6 is 12.4 Å². The Kier molecular flexibility index (Phi) is 5.12. The van der Waals surface area contributed by atoms with Crippen molar-refractivity contribution < 1.29 is 9.59 Å². The van der Waals surface area contributed by atoms with Gasteiger partial charge in [0.05, 0.1) is 5.92 Å². The highest BCUT2D eigenvalue weighted by Gasteiger charge is 2.24. The van der Waals surface area contributed by atoms with Gasteiger partial charge < -0.3 is 16.4 Å². The molecule has 0 unspecified atom stereocenters. The largest absolute Gasteiger partial charge is 0.366 e.